The van der Waals surface area contributed by atoms with Crippen LogP contribution in [-0.2, 0) is 35.2 Å². The van der Waals surface area contributed by atoms with Gasteiger partial charge in [0.1, 0.15) is 25.8 Å². The van der Waals surface area contributed by atoms with Crippen molar-refractivity contribution in [2.75, 3.05) is 33.4 Å². The number of hydrogen-bond acceptors (Lipinski definition) is 7. The van der Waals surface area contributed by atoms with Crippen LogP contribution in [0.4, 0.5) is 4.79 Å². The normalized spacial score (nSPS) is 12.5. The van der Waals surface area contributed by atoms with Crippen LogP contribution >= 0.6 is 0 Å². The molecule has 0 spiro atoms. The minimum absolute atomic E-state index is 0.00173. The van der Waals surface area contributed by atoms with Gasteiger partial charge < -0.3 is 29.5 Å². The Kier molecular flexibility index (Phi) is 10.1. The number of nitrogens with one attached hydrogen (secondary N) is 1. The number of carboxylic acid groups (broad SMARTS) is 1. The molecule has 0 aromatic heterocycles. The van der Waals surface area contributed by atoms with Crippen LogP contribution in [-0.4, -0.2) is 73.4 Å². The number of carbonyl (C=O) groups excluding carboxylic acids is 3. The van der Waals surface area contributed by atoms with Crippen molar-refractivity contribution in [3.63, 3.8) is 0 Å². The third-order valence-corrected chi connectivity index (χ3v) is 6.75. The number of benzene rings is 3. The molecule has 2 amide bonds. The van der Waals surface area contributed by atoms with E-state index in [2.05, 4.69) is 5.32 Å². The number of nitrogens with zero attached hydrogens (tertiary/aromatic N) is 1. The lowest BCUT2D eigenvalue weighted by Crippen LogP contribution is -2.51. The van der Waals surface area contributed by atoms with E-state index < -0.39 is 42.9 Å². The van der Waals surface area contributed by atoms with Crippen LogP contribution in [0.15, 0.2) is 78.9 Å². The maximum absolute atomic E-state index is 13.3. The summed E-state index contributed by atoms with van der Waals surface area (Å²) in [6.45, 7) is -0.640. The maximum Gasteiger partial charge on any atom is 0.407 e. The highest BCUT2D eigenvalue weighted by atomic mass is 16.6. The molecule has 0 radical (unpaired) electrons. The van der Waals surface area contributed by atoms with E-state index >= 15 is 0 Å². The number of amides is 2. The average molecular weight is 561 g/mol. The van der Waals surface area contributed by atoms with Gasteiger partial charge in [0.2, 0.25) is 5.91 Å². The van der Waals surface area contributed by atoms with Crippen LogP contribution in [0.1, 0.15) is 29.0 Å². The SMILES string of the molecule is COCCN(CC(=O)O)C(=O)[C@H](CC(=O)OCc1ccccc1)NC(=O)OCC1c2ccccc2-c2ccccc21. The lowest BCUT2D eigenvalue weighted by Gasteiger charge is -2.26. The molecule has 41 heavy (non-hydrogen) atoms. The van der Waals surface area contributed by atoms with E-state index in [9.17, 15) is 24.3 Å². The molecule has 214 valence electrons. The fourth-order valence-corrected chi connectivity index (χ4v) is 4.80. The van der Waals surface area contributed by atoms with Gasteiger partial charge in [0.15, 0.2) is 0 Å². The number of ether oxygens (including phenoxy) is 3. The van der Waals surface area contributed by atoms with E-state index in [1.54, 1.807) is 24.3 Å². The van der Waals surface area contributed by atoms with Crippen molar-refractivity contribution in [2.24, 2.45) is 0 Å². The molecular formula is C31H32N2O8. The molecule has 1 atom stereocenters. The first-order valence-corrected chi connectivity index (χ1v) is 13.2. The number of esters is 1. The van der Waals surface area contributed by atoms with Crippen LogP contribution in [0, 0.1) is 0 Å². The summed E-state index contributed by atoms with van der Waals surface area (Å²) in [5.74, 6) is -2.97. The third-order valence-electron chi connectivity index (χ3n) is 6.75. The molecule has 2 N–H and O–H groups in total. The van der Waals surface area contributed by atoms with Crippen molar-refractivity contribution in [1.82, 2.24) is 10.2 Å². The molecule has 10 nitrogen and oxygen atoms in total. The van der Waals surface area contributed by atoms with Crippen LogP contribution in [0.5, 0.6) is 0 Å². The van der Waals surface area contributed by atoms with Crippen LogP contribution in [0.2, 0.25) is 0 Å². The molecule has 3 aromatic carbocycles. The molecule has 3 aromatic rings. The van der Waals surface area contributed by atoms with Gasteiger partial charge in [0.25, 0.3) is 0 Å². The van der Waals surface area contributed by atoms with Gasteiger partial charge in [-0.1, -0.05) is 78.9 Å². The van der Waals surface area contributed by atoms with Gasteiger partial charge in [0, 0.05) is 19.6 Å². The number of alkyl carbamates (subject to hydrolysis) is 1. The summed E-state index contributed by atoms with van der Waals surface area (Å²) in [6, 6.07) is 23.3. The molecule has 0 unspecified atom stereocenters. The van der Waals surface area contributed by atoms with Gasteiger partial charge in [-0.05, 0) is 27.8 Å². The Morgan fingerprint density at radius 1 is 0.878 bits per heavy atom. The molecule has 10 heteroatoms. The summed E-state index contributed by atoms with van der Waals surface area (Å²) in [5, 5.41) is 11.8. The Bertz CT molecular complexity index is 1330. The predicted octanol–water partition coefficient (Wildman–Crippen LogP) is 3.59. The lowest BCUT2D eigenvalue weighted by molar-refractivity contribution is -0.150. The lowest BCUT2D eigenvalue weighted by atomic mass is 9.98. The highest BCUT2D eigenvalue weighted by Crippen LogP contribution is 2.44. The second-order valence-corrected chi connectivity index (χ2v) is 9.52. The molecule has 0 aliphatic heterocycles. The summed E-state index contributed by atoms with van der Waals surface area (Å²) in [4.78, 5) is 51.4. The molecule has 1 aliphatic carbocycles. The van der Waals surface area contributed by atoms with Crippen molar-refractivity contribution >= 4 is 23.9 Å². The predicted molar refractivity (Wildman–Crippen MR) is 149 cm³/mol. The first-order valence-electron chi connectivity index (χ1n) is 13.2. The van der Waals surface area contributed by atoms with E-state index in [4.69, 9.17) is 14.2 Å². The second-order valence-electron chi connectivity index (χ2n) is 9.52. The van der Waals surface area contributed by atoms with Gasteiger partial charge in [-0.25, -0.2) is 4.79 Å². The zero-order valence-corrected chi connectivity index (χ0v) is 22.7. The van der Waals surface area contributed by atoms with Crippen molar-refractivity contribution in [2.45, 2.75) is 25.0 Å². The number of fused-ring (bicyclic) bond motifs is 3. The maximum atomic E-state index is 13.3. The van der Waals surface area contributed by atoms with E-state index in [0.29, 0.717) is 0 Å². The molecule has 0 saturated heterocycles. The van der Waals surface area contributed by atoms with Crippen molar-refractivity contribution in [1.29, 1.82) is 0 Å². The molecular weight excluding hydrogens is 528 g/mol. The number of methoxy groups -OCH3 is 1. The van der Waals surface area contributed by atoms with Crippen LogP contribution in [0.3, 0.4) is 0 Å². The number of carboxylic acids is 1. The zero-order chi connectivity index (χ0) is 29.2. The molecule has 0 fully saturated rings. The van der Waals surface area contributed by atoms with Crippen molar-refractivity contribution < 1.29 is 38.5 Å². The topological polar surface area (TPSA) is 131 Å². The van der Waals surface area contributed by atoms with Crippen LogP contribution in [0.25, 0.3) is 11.1 Å². The molecule has 0 saturated carbocycles. The van der Waals surface area contributed by atoms with Gasteiger partial charge >= 0.3 is 18.0 Å². The summed E-state index contributed by atoms with van der Waals surface area (Å²) in [6.07, 6.45) is -1.43. The summed E-state index contributed by atoms with van der Waals surface area (Å²) in [5.41, 5.74) is 4.92. The third kappa shape index (κ3) is 7.70. The highest BCUT2D eigenvalue weighted by Gasteiger charge is 2.32. The van der Waals surface area contributed by atoms with Crippen molar-refractivity contribution in [3.05, 3.63) is 95.6 Å². The van der Waals surface area contributed by atoms with Gasteiger partial charge in [-0.3, -0.25) is 14.4 Å². The first kappa shape index (κ1) is 29.3. The number of aliphatic carboxylic acids is 1. The van der Waals surface area contributed by atoms with Crippen LogP contribution < -0.4 is 5.32 Å². The second kappa shape index (κ2) is 14.1. The Labute approximate surface area is 237 Å². The molecule has 1 aliphatic rings. The molecule has 0 heterocycles. The largest absolute Gasteiger partial charge is 0.480 e. The fourth-order valence-electron chi connectivity index (χ4n) is 4.80. The van der Waals surface area contributed by atoms with E-state index in [1.165, 1.54) is 7.11 Å². The van der Waals surface area contributed by atoms with E-state index in [-0.39, 0.29) is 32.3 Å². The number of carbonyl (C=O) groups is 4. The average Bonchev–Trinajstić information content (AvgIpc) is 3.30. The van der Waals surface area contributed by atoms with Gasteiger partial charge in [-0.15, -0.1) is 0 Å². The zero-order valence-electron chi connectivity index (χ0n) is 22.7. The molecule has 4 rings (SSSR count). The van der Waals surface area contributed by atoms with E-state index in [0.717, 1.165) is 32.7 Å². The smallest absolute Gasteiger partial charge is 0.407 e. The highest BCUT2D eigenvalue weighted by molar-refractivity contribution is 5.91. The minimum atomic E-state index is -1.41. The monoisotopic (exact) mass is 560 g/mol. The van der Waals surface area contributed by atoms with E-state index in [1.807, 2.05) is 54.6 Å². The standard InChI is InChI=1S/C31H32N2O8/c1-39-16-15-33(18-28(34)35)30(37)27(17-29(36)40-19-21-9-3-2-4-10-21)32-31(38)41-20-26-24-13-7-5-11-22(24)23-12-6-8-14-25(23)26/h2-14,26-27H,15-20H2,1H3,(H,32,38)(H,34,35)/t27-/m0/s1. The molecule has 0 bridgehead atoms. The summed E-state index contributed by atoms with van der Waals surface area (Å²) >= 11 is 0. The minimum Gasteiger partial charge on any atom is -0.480 e. The summed E-state index contributed by atoms with van der Waals surface area (Å²) in [7, 11) is 1.41. The quantitative estimate of drug-likeness (QED) is 0.303. The Morgan fingerprint density at radius 3 is 2.10 bits per heavy atom. The van der Waals surface area contributed by atoms with Gasteiger partial charge in [0.05, 0.1) is 13.0 Å². The number of rotatable bonds is 13. The summed E-state index contributed by atoms with van der Waals surface area (Å²) < 4.78 is 15.9. The fraction of sp³-hybridized carbons (Fsp3) is 0.290. The Hall–Kier alpha value is -4.70. The van der Waals surface area contributed by atoms with Gasteiger partial charge in [-0.2, -0.15) is 0 Å². The van der Waals surface area contributed by atoms with Crippen molar-refractivity contribution in [3.8, 4) is 11.1 Å². The first-order chi connectivity index (χ1) is 19.9. The Balaban J connectivity index is 1.45. The number of hydrogen-bond donors (Lipinski definition) is 2. The Morgan fingerprint density at radius 2 is 1.49 bits per heavy atom.